The standard InChI is InChI=1S/C21H25N5O2S/c1-5-26(6-2)19-18-17(16(29-4)12-15(23-18)20(27)28-3)24-21(25-19)22-13-14-10-8-7-9-11-14/h7-12H,5-6,13H2,1-4H3,(H,22,24,25). The number of thioether (sulfide) groups is 1. The number of methoxy groups -OCH3 is 1. The van der Waals surface area contributed by atoms with Gasteiger partial charge in [0.2, 0.25) is 5.95 Å². The lowest BCUT2D eigenvalue weighted by atomic mass is 10.2. The molecule has 8 heteroatoms. The van der Waals surface area contributed by atoms with Crippen LogP contribution < -0.4 is 10.2 Å². The third kappa shape index (κ3) is 4.59. The van der Waals surface area contributed by atoms with Gasteiger partial charge in [-0.1, -0.05) is 30.3 Å². The second-order valence-corrected chi connectivity index (χ2v) is 7.13. The Labute approximate surface area is 174 Å². The zero-order valence-corrected chi connectivity index (χ0v) is 17.9. The molecule has 29 heavy (non-hydrogen) atoms. The van der Waals surface area contributed by atoms with E-state index in [2.05, 4.69) is 41.2 Å². The van der Waals surface area contributed by atoms with Crippen molar-refractivity contribution in [1.29, 1.82) is 0 Å². The van der Waals surface area contributed by atoms with Crippen molar-refractivity contribution in [2.24, 2.45) is 0 Å². The maximum atomic E-state index is 12.1. The molecule has 0 saturated carbocycles. The lowest BCUT2D eigenvalue weighted by Crippen LogP contribution is -2.24. The van der Waals surface area contributed by atoms with Crippen LogP contribution in [0.1, 0.15) is 29.9 Å². The first kappa shape index (κ1) is 20.9. The van der Waals surface area contributed by atoms with Crippen molar-refractivity contribution in [3.05, 3.63) is 47.7 Å². The van der Waals surface area contributed by atoms with Gasteiger partial charge in [0.05, 0.1) is 7.11 Å². The molecule has 0 saturated heterocycles. The van der Waals surface area contributed by atoms with Crippen LogP contribution in [0, 0.1) is 0 Å². The fourth-order valence-corrected chi connectivity index (χ4v) is 3.59. The molecular formula is C21H25N5O2S. The van der Waals surface area contributed by atoms with Gasteiger partial charge in [0.1, 0.15) is 16.7 Å². The van der Waals surface area contributed by atoms with Crippen molar-refractivity contribution in [3.63, 3.8) is 0 Å². The smallest absolute Gasteiger partial charge is 0.356 e. The number of esters is 1. The van der Waals surface area contributed by atoms with Crippen LogP contribution in [0.25, 0.3) is 11.0 Å². The Balaban J connectivity index is 2.13. The summed E-state index contributed by atoms with van der Waals surface area (Å²) in [6, 6.07) is 11.8. The Morgan fingerprint density at radius 3 is 2.45 bits per heavy atom. The molecule has 0 aliphatic carbocycles. The molecule has 0 unspecified atom stereocenters. The van der Waals surface area contributed by atoms with Gasteiger partial charge in [-0.15, -0.1) is 11.8 Å². The maximum Gasteiger partial charge on any atom is 0.356 e. The number of ether oxygens (including phenoxy) is 1. The number of fused-ring (bicyclic) bond motifs is 1. The molecular weight excluding hydrogens is 386 g/mol. The SMILES string of the molecule is CCN(CC)c1nc(NCc2ccccc2)nc2c(SC)cc(C(=O)OC)nc12. The first-order valence-electron chi connectivity index (χ1n) is 9.49. The summed E-state index contributed by atoms with van der Waals surface area (Å²) in [5, 5.41) is 3.32. The van der Waals surface area contributed by atoms with Gasteiger partial charge in [0.25, 0.3) is 0 Å². The van der Waals surface area contributed by atoms with Crippen LogP contribution in [0.2, 0.25) is 0 Å². The number of nitrogens with one attached hydrogen (secondary N) is 1. The number of pyridine rings is 1. The molecule has 2 heterocycles. The fourth-order valence-electron chi connectivity index (χ4n) is 3.03. The van der Waals surface area contributed by atoms with Crippen LogP contribution in [0.5, 0.6) is 0 Å². The van der Waals surface area contributed by atoms with E-state index in [1.54, 1.807) is 6.07 Å². The van der Waals surface area contributed by atoms with E-state index in [1.807, 2.05) is 24.5 Å². The van der Waals surface area contributed by atoms with Crippen LogP contribution in [0.15, 0.2) is 41.3 Å². The zero-order valence-electron chi connectivity index (χ0n) is 17.1. The lowest BCUT2D eigenvalue weighted by molar-refractivity contribution is 0.0594. The number of anilines is 2. The Morgan fingerprint density at radius 1 is 1.10 bits per heavy atom. The number of carbonyl (C=O) groups excluding carboxylic acids is 1. The number of carbonyl (C=O) groups is 1. The monoisotopic (exact) mass is 411 g/mol. The van der Waals surface area contributed by atoms with Gasteiger partial charge in [0, 0.05) is 24.5 Å². The molecule has 3 aromatic rings. The number of hydrogen-bond acceptors (Lipinski definition) is 8. The van der Waals surface area contributed by atoms with Crippen molar-refractivity contribution < 1.29 is 9.53 Å². The Hall–Kier alpha value is -2.87. The summed E-state index contributed by atoms with van der Waals surface area (Å²) in [5.41, 5.74) is 2.72. The molecule has 0 radical (unpaired) electrons. The van der Waals surface area contributed by atoms with Crippen molar-refractivity contribution in [3.8, 4) is 0 Å². The largest absolute Gasteiger partial charge is 0.464 e. The molecule has 3 rings (SSSR count). The summed E-state index contributed by atoms with van der Waals surface area (Å²) in [6.07, 6.45) is 1.95. The van der Waals surface area contributed by atoms with Gasteiger partial charge in [-0.05, 0) is 31.7 Å². The average Bonchev–Trinajstić information content (AvgIpc) is 2.77. The third-order valence-corrected chi connectivity index (χ3v) is 5.32. The normalized spacial score (nSPS) is 10.8. The first-order valence-corrected chi connectivity index (χ1v) is 10.7. The van der Waals surface area contributed by atoms with Crippen molar-refractivity contribution in [1.82, 2.24) is 15.0 Å². The number of nitrogens with zero attached hydrogens (tertiary/aromatic N) is 4. The van der Waals surface area contributed by atoms with Gasteiger partial charge in [-0.2, -0.15) is 4.98 Å². The van der Waals surface area contributed by atoms with E-state index in [4.69, 9.17) is 14.7 Å². The number of hydrogen-bond donors (Lipinski definition) is 1. The highest BCUT2D eigenvalue weighted by Crippen LogP contribution is 2.31. The number of aromatic nitrogens is 3. The predicted molar refractivity (Wildman–Crippen MR) is 118 cm³/mol. The fraction of sp³-hybridized carbons (Fsp3) is 0.333. The lowest BCUT2D eigenvalue weighted by Gasteiger charge is -2.22. The average molecular weight is 412 g/mol. The third-order valence-electron chi connectivity index (χ3n) is 4.57. The molecule has 0 amide bonds. The van der Waals surface area contributed by atoms with E-state index >= 15 is 0 Å². The van der Waals surface area contributed by atoms with Crippen LogP contribution >= 0.6 is 11.8 Å². The zero-order chi connectivity index (χ0) is 20.8. The van der Waals surface area contributed by atoms with E-state index in [0.29, 0.717) is 23.8 Å². The van der Waals surface area contributed by atoms with Crippen LogP contribution in [0.4, 0.5) is 11.8 Å². The van der Waals surface area contributed by atoms with Crippen molar-refractivity contribution >= 4 is 40.5 Å². The summed E-state index contributed by atoms with van der Waals surface area (Å²) < 4.78 is 4.87. The van der Waals surface area contributed by atoms with Crippen LogP contribution in [-0.2, 0) is 11.3 Å². The molecule has 1 N–H and O–H groups in total. The number of rotatable bonds is 8. The molecule has 0 spiro atoms. The number of benzene rings is 1. The predicted octanol–water partition coefficient (Wildman–Crippen LogP) is 3.99. The summed E-state index contributed by atoms with van der Waals surface area (Å²) in [7, 11) is 1.35. The Kier molecular flexibility index (Phi) is 6.87. The molecule has 152 valence electrons. The second kappa shape index (κ2) is 9.56. The minimum atomic E-state index is -0.473. The van der Waals surface area contributed by atoms with E-state index < -0.39 is 5.97 Å². The quantitative estimate of drug-likeness (QED) is 0.440. The molecule has 0 fully saturated rings. The van der Waals surface area contributed by atoms with E-state index in [9.17, 15) is 4.79 Å². The topological polar surface area (TPSA) is 80.2 Å². The van der Waals surface area contributed by atoms with Gasteiger partial charge >= 0.3 is 5.97 Å². The summed E-state index contributed by atoms with van der Waals surface area (Å²) in [5.74, 6) is 0.766. The molecule has 0 aliphatic heterocycles. The second-order valence-electron chi connectivity index (χ2n) is 6.28. The van der Waals surface area contributed by atoms with Crippen LogP contribution in [-0.4, -0.2) is 47.4 Å². The molecule has 1 aromatic carbocycles. The minimum absolute atomic E-state index is 0.256. The summed E-state index contributed by atoms with van der Waals surface area (Å²) >= 11 is 1.51. The van der Waals surface area contributed by atoms with Crippen molar-refractivity contribution in [2.75, 3.05) is 36.7 Å². The van der Waals surface area contributed by atoms with Gasteiger partial charge < -0.3 is 15.0 Å². The highest BCUT2D eigenvalue weighted by Gasteiger charge is 2.20. The Morgan fingerprint density at radius 2 is 1.83 bits per heavy atom. The molecule has 7 nitrogen and oxygen atoms in total. The summed E-state index contributed by atoms with van der Waals surface area (Å²) in [6.45, 7) is 6.27. The van der Waals surface area contributed by atoms with E-state index in [0.717, 1.165) is 29.1 Å². The molecule has 2 aromatic heterocycles. The molecule has 0 bridgehead atoms. The van der Waals surface area contributed by atoms with Gasteiger partial charge in [-0.3, -0.25) is 0 Å². The van der Waals surface area contributed by atoms with Crippen molar-refractivity contribution in [2.45, 2.75) is 25.3 Å². The molecule has 0 atom stereocenters. The van der Waals surface area contributed by atoms with Gasteiger partial charge in [-0.25, -0.2) is 14.8 Å². The molecule has 0 aliphatic rings. The van der Waals surface area contributed by atoms with Gasteiger partial charge in [0.15, 0.2) is 5.82 Å². The maximum absolute atomic E-state index is 12.1. The highest BCUT2D eigenvalue weighted by atomic mass is 32.2. The van der Waals surface area contributed by atoms with E-state index in [-0.39, 0.29) is 5.69 Å². The summed E-state index contributed by atoms with van der Waals surface area (Å²) in [4.78, 5) is 29.1. The highest BCUT2D eigenvalue weighted by molar-refractivity contribution is 7.98. The minimum Gasteiger partial charge on any atom is -0.464 e. The Bertz CT molecular complexity index is 993. The van der Waals surface area contributed by atoms with Crippen LogP contribution in [0.3, 0.4) is 0 Å². The van der Waals surface area contributed by atoms with E-state index in [1.165, 1.54) is 18.9 Å². The first-order chi connectivity index (χ1) is 14.1.